The number of carbonyl (C=O) groups is 1. The molecule has 10 heteroatoms. The van der Waals surface area contributed by atoms with Crippen LogP contribution in [-0.4, -0.2) is 50.0 Å². The molecular formula is C24H22F2N6O2. The van der Waals surface area contributed by atoms with Crippen molar-refractivity contribution in [1.82, 2.24) is 25.0 Å². The summed E-state index contributed by atoms with van der Waals surface area (Å²) in [5.41, 5.74) is 1.62. The maximum absolute atomic E-state index is 13.6. The lowest BCUT2D eigenvalue weighted by Crippen LogP contribution is -2.47. The highest BCUT2D eigenvalue weighted by Gasteiger charge is 2.29. The number of rotatable bonds is 5. The first-order chi connectivity index (χ1) is 16.5. The molecule has 2 aromatic carbocycles. The molecule has 8 nitrogen and oxygen atoms in total. The van der Waals surface area contributed by atoms with E-state index in [4.69, 9.17) is 4.52 Å². The van der Waals surface area contributed by atoms with Crippen molar-refractivity contribution in [2.45, 2.75) is 32.2 Å². The van der Waals surface area contributed by atoms with Gasteiger partial charge in [0.25, 0.3) is 11.8 Å². The van der Waals surface area contributed by atoms with Crippen LogP contribution in [-0.2, 0) is 0 Å². The van der Waals surface area contributed by atoms with E-state index in [1.54, 1.807) is 19.1 Å². The fourth-order valence-corrected chi connectivity index (χ4v) is 4.21. The topological polar surface area (TPSA) is 97.0 Å². The Morgan fingerprint density at radius 1 is 1.15 bits per heavy atom. The van der Waals surface area contributed by atoms with Crippen LogP contribution in [0.2, 0.25) is 0 Å². The molecule has 1 N–H and O–H groups in total. The van der Waals surface area contributed by atoms with Crippen LogP contribution in [0, 0.1) is 18.6 Å². The second-order valence-corrected chi connectivity index (χ2v) is 8.23. The number of carbonyl (C=O) groups excluding carboxylic acids is 1. The number of nitrogens with zero attached hydrogens (tertiary/aromatic N) is 5. The van der Waals surface area contributed by atoms with Crippen LogP contribution in [0.1, 0.15) is 35.4 Å². The minimum atomic E-state index is -0.974. The van der Waals surface area contributed by atoms with Crippen molar-refractivity contribution in [2.24, 2.45) is 0 Å². The number of likely N-dealkylation sites (tertiary alicyclic amines) is 1. The SMILES string of the molecule is Cc1noc(-c2ccccc2C(=O)N2CCCCC2CNc2cnc3cc(F)c(F)cc3n2)n1. The zero-order valence-electron chi connectivity index (χ0n) is 18.5. The second-order valence-electron chi connectivity index (χ2n) is 8.23. The molecule has 0 saturated carbocycles. The smallest absolute Gasteiger partial charge is 0.258 e. The van der Waals surface area contributed by atoms with Crippen molar-refractivity contribution < 1.29 is 18.1 Å². The molecule has 1 unspecified atom stereocenters. The molecule has 1 amide bonds. The summed E-state index contributed by atoms with van der Waals surface area (Å²) < 4.78 is 32.3. The van der Waals surface area contributed by atoms with Crippen molar-refractivity contribution in [1.29, 1.82) is 0 Å². The van der Waals surface area contributed by atoms with Gasteiger partial charge >= 0.3 is 0 Å². The zero-order valence-corrected chi connectivity index (χ0v) is 18.5. The number of fused-ring (bicyclic) bond motifs is 1. The van der Waals surface area contributed by atoms with Gasteiger partial charge < -0.3 is 14.7 Å². The molecule has 0 bridgehead atoms. The van der Waals surface area contributed by atoms with Crippen LogP contribution >= 0.6 is 0 Å². The molecule has 1 fully saturated rings. The van der Waals surface area contributed by atoms with Crippen LogP contribution in [0.3, 0.4) is 0 Å². The number of nitrogens with one attached hydrogen (secondary N) is 1. The average molecular weight is 464 g/mol. The minimum Gasteiger partial charge on any atom is -0.367 e. The summed E-state index contributed by atoms with van der Waals surface area (Å²) in [6, 6.07) is 9.16. The summed E-state index contributed by atoms with van der Waals surface area (Å²) in [4.78, 5) is 28.2. The Bertz CT molecular complexity index is 1360. The Morgan fingerprint density at radius 3 is 2.74 bits per heavy atom. The maximum atomic E-state index is 13.6. The van der Waals surface area contributed by atoms with Gasteiger partial charge in [0.2, 0.25) is 0 Å². The Balaban J connectivity index is 1.36. The highest BCUT2D eigenvalue weighted by atomic mass is 19.2. The third-order valence-corrected chi connectivity index (χ3v) is 5.91. The highest BCUT2D eigenvalue weighted by Crippen LogP contribution is 2.27. The number of aryl methyl sites for hydroxylation is 1. The lowest BCUT2D eigenvalue weighted by atomic mass is 9.99. The van der Waals surface area contributed by atoms with Crippen LogP contribution in [0.15, 0.2) is 47.1 Å². The van der Waals surface area contributed by atoms with Gasteiger partial charge in [0, 0.05) is 31.3 Å². The summed E-state index contributed by atoms with van der Waals surface area (Å²) in [5, 5.41) is 7.04. The fraction of sp³-hybridized carbons (Fsp3) is 0.292. The van der Waals surface area contributed by atoms with Gasteiger partial charge in [-0.3, -0.25) is 9.78 Å². The lowest BCUT2D eigenvalue weighted by Gasteiger charge is -2.36. The number of benzene rings is 2. The third-order valence-electron chi connectivity index (χ3n) is 5.91. The first-order valence-electron chi connectivity index (χ1n) is 11.1. The quantitative estimate of drug-likeness (QED) is 0.468. The molecule has 1 saturated heterocycles. The van der Waals surface area contributed by atoms with E-state index in [1.807, 2.05) is 17.0 Å². The van der Waals surface area contributed by atoms with Crippen LogP contribution in [0.4, 0.5) is 14.6 Å². The van der Waals surface area contributed by atoms with Crippen molar-refractivity contribution in [2.75, 3.05) is 18.4 Å². The number of piperidine rings is 1. The van der Waals surface area contributed by atoms with E-state index in [9.17, 15) is 13.6 Å². The Labute approximate surface area is 194 Å². The molecule has 0 radical (unpaired) electrons. The normalized spacial score (nSPS) is 16.1. The Hall–Kier alpha value is -3.95. The number of anilines is 1. The molecule has 1 aliphatic heterocycles. The van der Waals surface area contributed by atoms with E-state index >= 15 is 0 Å². The summed E-state index contributed by atoms with van der Waals surface area (Å²) >= 11 is 0. The standard InChI is InChI=1S/C24H22F2N6O2/c1-14-29-23(34-31-14)16-7-2-3-8-17(16)24(33)32-9-5-4-6-15(32)12-28-22-13-27-20-10-18(25)19(26)11-21(20)30-22/h2-3,7-8,10-11,13,15H,4-6,9,12H2,1H3,(H,28,30). The third kappa shape index (κ3) is 4.30. The molecule has 5 rings (SSSR count). The van der Waals surface area contributed by atoms with Crippen molar-refractivity contribution >= 4 is 22.8 Å². The van der Waals surface area contributed by atoms with Gasteiger partial charge in [-0.15, -0.1) is 0 Å². The average Bonchev–Trinajstić information content (AvgIpc) is 3.29. The first kappa shape index (κ1) is 21.9. The summed E-state index contributed by atoms with van der Waals surface area (Å²) in [7, 11) is 0. The molecule has 34 heavy (non-hydrogen) atoms. The predicted molar refractivity (Wildman–Crippen MR) is 121 cm³/mol. The van der Waals surface area contributed by atoms with Crippen LogP contribution in [0.25, 0.3) is 22.5 Å². The molecule has 3 heterocycles. The fourth-order valence-electron chi connectivity index (χ4n) is 4.21. The van der Waals surface area contributed by atoms with Gasteiger partial charge in [-0.25, -0.2) is 13.8 Å². The summed E-state index contributed by atoms with van der Waals surface area (Å²) in [6.45, 7) is 2.79. The van der Waals surface area contributed by atoms with Gasteiger partial charge in [-0.2, -0.15) is 4.98 Å². The Kier molecular flexibility index (Phi) is 5.87. The van der Waals surface area contributed by atoms with Crippen LogP contribution in [0.5, 0.6) is 0 Å². The number of halogens is 2. The van der Waals surface area contributed by atoms with Gasteiger partial charge in [-0.1, -0.05) is 17.3 Å². The van der Waals surface area contributed by atoms with E-state index in [2.05, 4.69) is 25.4 Å². The summed E-state index contributed by atoms with van der Waals surface area (Å²) in [5.74, 6) is -0.814. The van der Waals surface area contributed by atoms with Crippen molar-refractivity contribution in [3.8, 4) is 11.5 Å². The highest BCUT2D eigenvalue weighted by molar-refractivity contribution is 6.00. The molecule has 2 aromatic heterocycles. The van der Waals surface area contributed by atoms with Crippen molar-refractivity contribution in [3.05, 3.63) is 65.6 Å². The molecule has 174 valence electrons. The first-order valence-corrected chi connectivity index (χ1v) is 11.1. The van der Waals surface area contributed by atoms with Gasteiger partial charge in [0.1, 0.15) is 5.82 Å². The Morgan fingerprint density at radius 2 is 1.94 bits per heavy atom. The van der Waals surface area contributed by atoms with E-state index in [0.29, 0.717) is 41.7 Å². The molecule has 0 aliphatic carbocycles. The molecule has 1 atom stereocenters. The lowest BCUT2D eigenvalue weighted by molar-refractivity contribution is 0.0629. The monoisotopic (exact) mass is 464 g/mol. The zero-order chi connectivity index (χ0) is 23.7. The van der Waals surface area contributed by atoms with E-state index in [1.165, 1.54) is 6.20 Å². The summed E-state index contributed by atoms with van der Waals surface area (Å²) in [6.07, 6.45) is 4.20. The molecular weight excluding hydrogens is 442 g/mol. The van der Waals surface area contributed by atoms with E-state index < -0.39 is 11.6 Å². The van der Waals surface area contributed by atoms with Crippen LogP contribution < -0.4 is 5.32 Å². The van der Waals surface area contributed by atoms with Gasteiger partial charge in [-0.05, 0) is 38.3 Å². The minimum absolute atomic E-state index is 0.0822. The number of hydrogen-bond acceptors (Lipinski definition) is 7. The molecule has 4 aromatic rings. The number of amides is 1. The molecule has 1 aliphatic rings. The maximum Gasteiger partial charge on any atom is 0.258 e. The van der Waals surface area contributed by atoms with Crippen molar-refractivity contribution in [3.63, 3.8) is 0 Å². The van der Waals surface area contributed by atoms with E-state index in [0.717, 1.165) is 31.4 Å². The van der Waals surface area contributed by atoms with E-state index in [-0.39, 0.29) is 23.0 Å². The molecule has 0 spiro atoms. The second kappa shape index (κ2) is 9.12. The predicted octanol–water partition coefficient (Wildman–Crippen LogP) is 4.37. The number of aromatic nitrogens is 4. The van der Waals surface area contributed by atoms with Gasteiger partial charge in [0.15, 0.2) is 17.5 Å². The largest absolute Gasteiger partial charge is 0.367 e. The number of hydrogen-bond donors (Lipinski definition) is 1. The van der Waals surface area contributed by atoms with Gasteiger partial charge in [0.05, 0.1) is 28.4 Å².